The molecule has 0 aromatic heterocycles. The number of aliphatic hydroxyl groups excluding tert-OH is 1. The van der Waals surface area contributed by atoms with Crippen LogP contribution in [-0.4, -0.2) is 64.8 Å². The zero-order chi connectivity index (χ0) is 23.4. The Labute approximate surface area is 192 Å². The molecule has 0 atom stereocenters. The molecule has 2 aliphatic heterocycles. The summed E-state index contributed by atoms with van der Waals surface area (Å²) in [7, 11) is 0. The van der Waals surface area contributed by atoms with Crippen LogP contribution in [0.1, 0.15) is 56.8 Å². The molecule has 0 aliphatic carbocycles. The van der Waals surface area contributed by atoms with Crippen LogP contribution in [0.4, 0.5) is 5.69 Å². The zero-order valence-electron chi connectivity index (χ0n) is 18.3. The van der Waals surface area contributed by atoms with Crippen molar-refractivity contribution in [2.24, 2.45) is 5.92 Å². The number of nitrogens with zero attached hydrogens (tertiary/aromatic N) is 2. The smallest absolute Gasteiger partial charge is 0.261 e. The fraction of sp³-hybridized carbons (Fsp3) is 0.360. The summed E-state index contributed by atoms with van der Waals surface area (Å²) >= 11 is 0. The Morgan fingerprint density at radius 3 is 2.27 bits per heavy atom. The number of hydrogen-bond donors (Lipinski definition) is 2. The minimum Gasteiger partial charge on any atom is -0.396 e. The van der Waals surface area contributed by atoms with Gasteiger partial charge in [0.2, 0.25) is 5.91 Å². The molecular formula is C25H27N3O5. The van der Waals surface area contributed by atoms with E-state index in [9.17, 15) is 24.3 Å². The van der Waals surface area contributed by atoms with Gasteiger partial charge in [-0.25, -0.2) is 0 Å². The number of hydrogen-bond acceptors (Lipinski definition) is 5. The van der Waals surface area contributed by atoms with E-state index in [4.69, 9.17) is 0 Å². The third-order valence-electron chi connectivity index (χ3n) is 6.22. The Balaban J connectivity index is 1.28. The minimum absolute atomic E-state index is 0.0897. The summed E-state index contributed by atoms with van der Waals surface area (Å²) in [6.07, 6.45) is 2.05. The van der Waals surface area contributed by atoms with Gasteiger partial charge >= 0.3 is 0 Å². The molecule has 33 heavy (non-hydrogen) atoms. The monoisotopic (exact) mass is 449 g/mol. The molecular weight excluding hydrogens is 422 g/mol. The van der Waals surface area contributed by atoms with Crippen molar-refractivity contribution in [2.45, 2.75) is 25.7 Å². The molecule has 0 bridgehead atoms. The SMILES string of the molecule is O=C(CCCN1C(=O)c2ccccc2C1=O)Nc1cccc(C(=O)N2CCC(CO)CC2)c1. The highest BCUT2D eigenvalue weighted by Gasteiger charge is 2.34. The number of carbonyl (C=O) groups is 4. The molecule has 1 saturated heterocycles. The topological polar surface area (TPSA) is 107 Å². The maximum absolute atomic E-state index is 12.8. The molecule has 1 fully saturated rings. The van der Waals surface area contributed by atoms with Crippen LogP contribution >= 0.6 is 0 Å². The number of amides is 4. The lowest BCUT2D eigenvalue weighted by atomic mass is 9.97. The van der Waals surface area contributed by atoms with E-state index in [1.165, 1.54) is 4.90 Å². The molecule has 4 amide bonds. The standard InChI is InChI=1S/C25H27N3O5/c29-16-17-10-13-27(14-11-17)23(31)18-5-3-6-19(15-18)26-22(30)9-4-12-28-24(32)20-7-1-2-8-21(20)25(28)33/h1-3,5-8,15,17,29H,4,9-14,16H2,(H,26,30). The second-order valence-electron chi connectivity index (χ2n) is 8.46. The second-order valence-corrected chi connectivity index (χ2v) is 8.46. The molecule has 8 nitrogen and oxygen atoms in total. The molecule has 2 aromatic rings. The van der Waals surface area contributed by atoms with Gasteiger partial charge < -0.3 is 15.3 Å². The van der Waals surface area contributed by atoms with Crippen molar-refractivity contribution in [1.82, 2.24) is 9.80 Å². The van der Waals surface area contributed by atoms with Crippen LogP contribution in [0.5, 0.6) is 0 Å². The first-order valence-electron chi connectivity index (χ1n) is 11.2. The summed E-state index contributed by atoms with van der Waals surface area (Å²) in [4.78, 5) is 52.9. The molecule has 0 saturated carbocycles. The summed E-state index contributed by atoms with van der Waals surface area (Å²) in [5, 5.41) is 12.1. The van der Waals surface area contributed by atoms with E-state index in [1.54, 1.807) is 53.4 Å². The van der Waals surface area contributed by atoms with Gasteiger partial charge in [-0.1, -0.05) is 18.2 Å². The highest BCUT2D eigenvalue weighted by molar-refractivity contribution is 6.21. The van der Waals surface area contributed by atoms with Crippen molar-refractivity contribution in [2.75, 3.05) is 31.6 Å². The Morgan fingerprint density at radius 1 is 0.970 bits per heavy atom. The molecule has 2 aromatic carbocycles. The molecule has 172 valence electrons. The minimum atomic E-state index is -0.328. The van der Waals surface area contributed by atoms with Gasteiger partial charge in [0.1, 0.15) is 0 Å². The van der Waals surface area contributed by atoms with Crippen LogP contribution in [0.3, 0.4) is 0 Å². The van der Waals surface area contributed by atoms with E-state index in [2.05, 4.69) is 5.32 Å². The Morgan fingerprint density at radius 2 is 1.64 bits per heavy atom. The Hall–Kier alpha value is -3.52. The first-order valence-corrected chi connectivity index (χ1v) is 11.2. The van der Waals surface area contributed by atoms with E-state index in [0.717, 1.165) is 12.8 Å². The Bertz CT molecular complexity index is 1040. The van der Waals surface area contributed by atoms with Crippen molar-refractivity contribution in [3.63, 3.8) is 0 Å². The lowest BCUT2D eigenvalue weighted by molar-refractivity contribution is -0.116. The molecule has 4 rings (SSSR count). The maximum atomic E-state index is 12.8. The third kappa shape index (κ3) is 4.96. The first kappa shape index (κ1) is 22.7. The van der Waals surface area contributed by atoms with E-state index in [0.29, 0.717) is 41.9 Å². The normalized spacial score (nSPS) is 16.2. The van der Waals surface area contributed by atoms with Gasteiger partial charge in [0.15, 0.2) is 0 Å². The molecule has 2 heterocycles. The van der Waals surface area contributed by atoms with Crippen molar-refractivity contribution < 1.29 is 24.3 Å². The summed E-state index contributed by atoms with van der Waals surface area (Å²) in [6.45, 7) is 1.54. The van der Waals surface area contributed by atoms with Crippen LogP contribution < -0.4 is 5.32 Å². The zero-order valence-corrected chi connectivity index (χ0v) is 18.3. The maximum Gasteiger partial charge on any atom is 0.261 e. The van der Waals surface area contributed by atoms with Crippen LogP contribution in [0.25, 0.3) is 0 Å². The summed E-state index contributed by atoms with van der Waals surface area (Å²) < 4.78 is 0. The number of likely N-dealkylation sites (tertiary alicyclic amines) is 1. The average Bonchev–Trinajstić information content (AvgIpc) is 3.09. The number of rotatable bonds is 7. The fourth-order valence-electron chi connectivity index (χ4n) is 4.29. The number of nitrogens with one attached hydrogen (secondary N) is 1. The average molecular weight is 450 g/mol. The molecule has 2 N–H and O–H groups in total. The van der Waals surface area contributed by atoms with Crippen LogP contribution in [-0.2, 0) is 4.79 Å². The molecule has 0 unspecified atom stereocenters. The van der Waals surface area contributed by atoms with Gasteiger partial charge in [0.25, 0.3) is 17.7 Å². The first-order chi connectivity index (χ1) is 16.0. The summed E-state index contributed by atoms with van der Waals surface area (Å²) in [5.74, 6) is -0.747. The van der Waals surface area contributed by atoms with Gasteiger partial charge in [0, 0.05) is 43.9 Å². The van der Waals surface area contributed by atoms with Gasteiger partial charge in [-0.15, -0.1) is 0 Å². The van der Waals surface area contributed by atoms with Crippen molar-refractivity contribution >= 4 is 29.3 Å². The highest BCUT2D eigenvalue weighted by atomic mass is 16.3. The number of fused-ring (bicyclic) bond motifs is 1. The number of imide groups is 1. The van der Waals surface area contributed by atoms with Crippen LogP contribution in [0.15, 0.2) is 48.5 Å². The third-order valence-corrected chi connectivity index (χ3v) is 6.22. The number of aliphatic hydroxyl groups is 1. The van der Waals surface area contributed by atoms with Crippen molar-refractivity contribution in [3.8, 4) is 0 Å². The predicted molar refractivity (Wildman–Crippen MR) is 122 cm³/mol. The van der Waals surface area contributed by atoms with Crippen LogP contribution in [0.2, 0.25) is 0 Å². The van der Waals surface area contributed by atoms with Gasteiger partial charge in [-0.05, 0) is 55.5 Å². The van der Waals surface area contributed by atoms with E-state index < -0.39 is 0 Å². The number of benzene rings is 2. The largest absolute Gasteiger partial charge is 0.396 e. The summed E-state index contributed by atoms with van der Waals surface area (Å²) in [5.41, 5.74) is 1.82. The number of carbonyl (C=O) groups excluding carboxylic acids is 4. The van der Waals surface area contributed by atoms with Gasteiger partial charge in [-0.2, -0.15) is 0 Å². The van der Waals surface area contributed by atoms with Crippen molar-refractivity contribution in [1.29, 1.82) is 0 Å². The van der Waals surface area contributed by atoms with Crippen LogP contribution in [0, 0.1) is 5.92 Å². The van der Waals surface area contributed by atoms with E-state index in [1.807, 2.05) is 0 Å². The van der Waals surface area contributed by atoms with E-state index >= 15 is 0 Å². The quantitative estimate of drug-likeness (QED) is 0.632. The molecule has 0 spiro atoms. The van der Waals surface area contributed by atoms with Crippen molar-refractivity contribution in [3.05, 3.63) is 65.2 Å². The predicted octanol–water partition coefficient (Wildman–Crippen LogP) is 2.55. The fourth-order valence-corrected chi connectivity index (χ4v) is 4.29. The molecule has 0 radical (unpaired) electrons. The Kier molecular flexibility index (Phi) is 6.84. The highest BCUT2D eigenvalue weighted by Crippen LogP contribution is 2.23. The molecule has 8 heteroatoms. The van der Waals surface area contributed by atoms with Gasteiger partial charge in [0.05, 0.1) is 11.1 Å². The lowest BCUT2D eigenvalue weighted by Gasteiger charge is -2.31. The van der Waals surface area contributed by atoms with E-state index in [-0.39, 0.29) is 49.1 Å². The molecule has 2 aliphatic rings. The second kappa shape index (κ2) is 9.95. The van der Waals surface area contributed by atoms with Gasteiger partial charge in [-0.3, -0.25) is 24.1 Å². The number of piperidine rings is 1. The summed E-state index contributed by atoms with van der Waals surface area (Å²) in [6, 6.07) is 13.5. The lowest BCUT2D eigenvalue weighted by Crippen LogP contribution is -2.39. The number of anilines is 1.